The van der Waals surface area contributed by atoms with E-state index >= 15 is 0 Å². The van der Waals surface area contributed by atoms with E-state index in [2.05, 4.69) is 34.9 Å². The minimum Gasteiger partial charge on any atom is -0.326 e. The van der Waals surface area contributed by atoms with Crippen LogP contribution in [-0.4, -0.2) is 11.8 Å². The summed E-state index contributed by atoms with van der Waals surface area (Å²) in [7, 11) is 0. The van der Waals surface area contributed by atoms with Crippen molar-refractivity contribution in [1.29, 1.82) is 0 Å². The first-order chi connectivity index (χ1) is 14.2. The molecular weight excluding hydrogens is 360 g/mol. The van der Waals surface area contributed by atoms with E-state index < -0.39 is 0 Å². The van der Waals surface area contributed by atoms with Gasteiger partial charge >= 0.3 is 0 Å². The number of anilines is 2. The highest BCUT2D eigenvalue weighted by Crippen LogP contribution is 2.31. The normalized spacial score (nSPS) is 13.1. The van der Waals surface area contributed by atoms with Crippen LogP contribution < -0.4 is 10.6 Å². The number of carbonyl (C=O) groups excluding carboxylic acids is 2. The molecule has 0 heterocycles. The Morgan fingerprint density at radius 3 is 1.69 bits per heavy atom. The van der Waals surface area contributed by atoms with Crippen molar-refractivity contribution in [2.24, 2.45) is 5.92 Å². The first-order valence-electron chi connectivity index (χ1n) is 10.00. The predicted octanol–water partition coefficient (Wildman–Crippen LogP) is 5.20. The molecule has 4 nitrogen and oxygen atoms in total. The van der Waals surface area contributed by atoms with Gasteiger partial charge in [-0.1, -0.05) is 60.7 Å². The van der Waals surface area contributed by atoms with E-state index in [4.69, 9.17) is 0 Å². The smallest absolute Gasteiger partial charge is 0.227 e. The summed E-state index contributed by atoms with van der Waals surface area (Å²) < 4.78 is 0. The lowest BCUT2D eigenvalue weighted by molar-refractivity contribution is -0.117. The van der Waals surface area contributed by atoms with Crippen molar-refractivity contribution in [2.75, 3.05) is 10.6 Å². The molecule has 0 bridgehead atoms. The number of rotatable bonds is 7. The lowest BCUT2D eigenvalue weighted by Crippen LogP contribution is -2.17. The van der Waals surface area contributed by atoms with E-state index in [1.165, 1.54) is 0 Å². The van der Waals surface area contributed by atoms with Crippen molar-refractivity contribution in [3.05, 3.63) is 96.1 Å². The molecule has 146 valence electrons. The fourth-order valence-electron chi connectivity index (χ4n) is 3.42. The van der Waals surface area contributed by atoms with Crippen LogP contribution in [0.4, 0.5) is 11.4 Å². The standard InChI is InChI=1S/C25H24N2O2/c28-24(26-21-13-15-22(16-14-21)27-25(29)20-11-12-20)17-23(18-7-3-1-4-8-18)19-9-5-2-6-10-19/h1-10,13-16,20,23H,11-12,17H2,(H,26,28)(H,27,29). The fourth-order valence-corrected chi connectivity index (χ4v) is 3.42. The Morgan fingerprint density at radius 1 is 0.724 bits per heavy atom. The topological polar surface area (TPSA) is 58.2 Å². The summed E-state index contributed by atoms with van der Waals surface area (Å²) in [4.78, 5) is 24.6. The Labute approximate surface area is 171 Å². The summed E-state index contributed by atoms with van der Waals surface area (Å²) in [6.45, 7) is 0. The lowest BCUT2D eigenvalue weighted by Gasteiger charge is -2.18. The zero-order valence-corrected chi connectivity index (χ0v) is 16.2. The molecule has 2 amide bonds. The van der Waals surface area contributed by atoms with Crippen molar-refractivity contribution in [2.45, 2.75) is 25.2 Å². The second-order valence-electron chi connectivity index (χ2n) is 7.47. The molecule has 4 rings (SSSR count). The highest BCUT2D eigenvalue weighted by molar-refractivity contribution is 5.95. The number of hydrogen-bond acceptors (Lipinski definition) is 2. The third kappa shape index (κ3) is 5.11. The largest absolute Gasteiger partial charge is 0.326 e. The molecule has 3 aromatic rings. The van der Waals surface area contributed by atoms with Crippen LogP contribution in [0.5, 0.6) is 0 Å². The monoisotopic (exact) mass is 384 g/mol. The highest BCUT2D eigenvalue weighted by Gasteiger charge is 2.29. The van der Waals surface area contributed by atoms with Gasteiger partial charge in [0.25, 0.3) is 0 Å². The van der Waals surface area contributed by atoms with Gasteiger partial charge in [0.05, 0.1) is 0 Å². The quantitative estimate of drug-likeness (QED) is 0.588. The molecule has 0 atom stereocenters. The van der Waals surface area contributed by atoms with Crippen molar-refractivity contribution in [3.63, 3.8) is 0 Å². The maximum Gasteiger partial charge on any atom is 0.227 e. The van der Waals surface area contributed by atoms with Crippen LogP contribution in [0.15, 0.2) is 84.9 Å². The van der Waals surface area contributed by atoms with Crippen LogP contribution in [0, 0.1) is 5.92 Å². The summed E-state index contributed by atoms with van der Waals surface area (Å²) in [5.74, 6) is 0.199. The van der Waals surface area contributed by atoms with E-state index in [-0.39, 0.29) is 23.7 Å². The molecule has 1 aliphatic rings. The Hall–Kier alpha value is -3.40. The zero-order chi connectivity index (χ0) is 20.1. The summed E-state index contributed by atoms with van der Waals surface area (Å²) in [5, 5.41) is 5.88. The van der Waals surface area contributed by atoms with Crippen LogP contribution >= 0.6 is 0 Å². The SMILES string of the molecule is O=C(CC(c1ccccc1)c1ccccc1)Nc1ccc(NC(=O)C2CC2)cc1. The van der Waals surface area contributed by atoms with Crippen molar-refractivity contribution >= 4 is 23.2 Å². The molecular formula is C25H24N2O2. The molecule has 0 aliphatic heterocycles. The molecule has 4 heteroatoms. The Kier molecular flexibility index (Phi) is 5.71. The molecule has 0 unspecified atom stereocenters. The number of hydrogen-bond donors (Lipinski definition) is 2. The number of nitrogens with one attached hydrogen (secondary N) is 2. The molecule has 0 saturated heterocycles. The minimum atomic E-state index is -0.0440. The molecule has 0 spiro atoms. The van der Waals surface area contributed by atoms with E-state index in [0.29, 0.717) is 6.42 Å². The second-order valence-corrected chi connectivity index (χ2v) is 7.47. The van der Waals surface area contributed by atoms with Crippen LogP contribution in [0.2, 0.25) is 0 Å². The minimum absolute atomic E-state index is 0.00509. The molecule has 29 heavy (non-hydrogen) atoms. The van der Waals surface area contributed by atoms with Gasteiger partial charge in [-0.15, -0.1) is 0 Å². The van der Waals surface area contributed by atoms with E-state index in [1.54, 1.807) is 0 Å². The first kappa shape index (κ1) is 18.9. The number of amides is 2. The van der Waals surface area contributed by atoms with Gasteiger partial charge in [0.1, 0.15) is 0 Å². The van der Waals surface area contributed by atoms with Gasteiger partial charge in [-0.05, 0) is 48.2 Å². The summed E-state index contributed by atoms with van der Waals surface area (Å²) in [6, 6.07) is 27.5. The Balaban J connectivity index is 1.42. The van der Waals surface area contributed by atoms with Crippen molar-refractivity contribution in [3.8, 4) is 0 Å². The first-order valence-corrected chi connectivity index (χ1v) is 10.00. The Bertz CT molecular complexity index is 925. The average molecular weight is 384 g/mol. The van der Waals surface area contributed by atoms with Gasteiger partial charge in [0.15, 0.2) is 0 Å². The van der Waals surface area contributed by atoms with Gasteiger partial charge < -0.3 is 10.6 Å². The molecule has 0 aromatic heterocycles. The molecule has 1 saturated carbocycles. The number of benzene rings is 3. The van der Waals surface area contributed by atoms with Gasteiger partial charge in [-0.2, -0.15) is 0 Å². The van der Waals surface area contributed by atoms with Crippen molar-refractivity contribution in [1.82, 2.24) is 0 Å². The van der Waals surface area contributed by atoms with Crippen molar-refractivity contribution < 1.29 is 9.59 Å². The third-order valence-corrected chi connectivity index (χ3v) is 5.18. The van der Waals surface area contributed by atoms with E-state index in [0.717, 1.165) is 35.3 Å². The van der Waals surface area contributed by atoms with Gasteiger partial charge in [-0.3, -0.25) is 9.59 Å². The molecule has 3 aromatic carbocycles. The van der Waals surface area contributed by atoms with Gasteiger partial charge in [0, 0.05) is 29.6 Å². The van der Waals surface area contributed by atoms with Crippen LogP contribution in [-0.2, 0) is 9.59 Å². The molecule has 1 aliphatic carbocycles. The molecule has 2 N–H and O–H groups in total. The summed E-state index contributed by atoms with van der Waals surface area (Å²) >= 11 is 0. The molecule has 0 radical (unpaired) electrons. The lowest BCUT2D eigenvalue weighted by atomic mass is 9.88. The van der Waals surface area contributed by atoms with E-state index in [9.17, 15) is 9.59 Å². The Morgan fingerprint density at radius 2 is 1.21 bits per heavy atom. The number of carbonyl (C=O) groups is 2. The van der Waals surface area contributed by atoms with Crippen LogP contribution in [0.25, 0.3) is 0 Å². The van der Waals surface area contributed by atoms with Gasteiger partial charge in [0.2, 0.25) is 11.8 Å². The summed E-state index contributed by atoms with van der Waals surface area (Å²) in [5.41, 5.74) is 3.71. The third-order valence-electron chi connectivity index (χ3n) is 5.18. The highest BCUT2D eigenvalue weighted by atomic mass is 16.2. The maximum absolute atomic E-state index is 12.7. The zero-order valence-electron chi connectivity index (χ0n) is 16.2. The average Bonchev–Trinajstić information content (AvgIpc) is 3.60. The fraction of sp³-hybridized carbons (Fsp3) is 0.200. The van der Waals surface area contributed by atoms with Crippen LogP contribution in [0.1, 0.15) is 36.3 Å². The van der Waals surface area contributed by atoms with E-state index in [1.807, 2.05) is 60.7 Å². The second kappa shape index (κ2) is 8.74. The maximum atomic E-state index is 12.7. The summed E-state index contributed by atoms with van der Waals surface area (Å²) in [6.07, 6.45) is 2.31. The van der Waals surface area contributed by atoms with Crippen LogP contribution in [0.3, 0.4) is 0 Å². The predicted molar refractivity (Wildman–Crippen MR) is 116 cm³/mol. The van der Waals surface area contributed by atoms with Gasteiger partial charge in [-0.25, -0.2) is 0 Å². The molecule has 1 fully saturated rings.